The van der Waals surface area contributed by atoms with Gasteiger partial charge in [0.15, 0.2) is 0 Å². The van der Waals surface area contributed by atoms with Crippen LogP contribution in [0.1, 0.15) is 181 Å². The predicted molar refractivity (Wildman–Crippen MR) is 153 cm³/mol. The Morgan fingerprint density at radius 2 is 0.583 bits per heavy atom. The summed E-state index contributed by atoms with van der Waals surface area (Å²) in [6, 6.07) is 0. The lowest BCUT2D eigenvalue weighted by atomic mass is 10.1. The second-order valence-corrected chi connectivity index (χ2v) is 10.7. The number of carbonyl (C=O) groups is 2. The van der Waals surface area contributed by atoms with Crippen molar-refractivity contribution >= 4 is 11.9 Å². The van der Waals surface area contributed by atoms with Gasteiger partial charge in [-0.2, -0.15) is 0 Å². The van der Waals surface area contributed by atoms with Crippen molar-refractivity contribution in [3.8, 4) is 0 Å². The molecule has 0 saturated carbocycles. The fourth-order valence-corrected chi connectivity index (χ4v) is 4.61. The zero-order valence-corrected chi connectivity index (χ0v) is 24.4. The van der Waals surface area contributed by atoms with Gasteiger partial charge in [-0.1, -0.05) is 155 Å². The van der Waals surface area contributed by atoms with E-state index in [1.54, 1.807) is 0 Å². The van der Waals surface area contributed by atoms with Crippen LogP contribution in [0.5, 0.6) is 0 Å². The van der Waals surface area contributed by atoms with Crippen molar-refractivity contribution in [2.24, 2.45) is 0 Å². The highest BCUT2D eigenvalue weighted by Gasteiger charge is 2.09. The molecule has 0 aromatic carbocycles. The summed E-state index contributed by atoms with van der Waals surface area (Å²) in [4.78, 5) is 23.6. The molecule has 214 valence electrons. The number of carbonyl (C=O) groups excluding carboxylic acids is 2. The van der Waals surface area contributed by atoms with E-state index in [1.165, 1.54) is 128 Å². The van der Waals surface area contributed by atoms with Crippen molar-refractivity contribution in [2.45, 2.75) is 181 Å². The van der Waals surface area contributed by atoms with Crippen molar-refractivity contribution in [3.05, 3.63) is 0 Å². The molecule has 0 bridgehead atoms. The van der Waals surface area contributed by atoms with Gasteiger partial charge in [-0.3, -0.25) is 9.59 Å². The van der Waals surface area contributed by atoms with Crippen LogP contribution in [0.3, 0.4) is 0 Å². The third kappa shape index (κ3) is 29.2. The van der Waals surface area contributed by atoms with E-state index >= 15 is 0 Å². The molecular formula is C32H62O4. The van der Waals surface area contributed by atoms with E-state index < -0.39 is 0 Å². The van der Waals surface area contributed by atoms with Gasteiger partial charge in [0.25, 0.3) is 0 Å². The SMILES string of the molecule is CCCCCCCCCCCCCCOC(=O)CCC(=O)OCCCCCCCCCCCCCC. The zero-order chi connectivity index (χ0) is 26.4. The third-order valence-corrected chi connectivity index (χ3v) is 7.06. The van der Waals surface area contributed by atoms with Crippen molar-refractivity contribution in [1.29, 1.82) is 0 Å². The number of hydrogen-bond acceptors (Lipinski definition) is 4. The highest BCUT2D eigenvalue weighted by atomic mass is 16.5. The first-order valence-electron chi connectivity index (χ1n) is 16.0. The van der Waals surface area contributed by atoms with Gasteiger partial charge in [0, 0.05) is 0 Å². The maximum atomic E-state index is 11.8. The molecule has 0 aliphatic heterocycles. The first kappa shape index (κ1) is 34.9. The third-order valence-electron chi connectivity index (χ3n) is 7.06. The summed E-state index contributed by atoms with van der Waals surface area (Å²) < 4.78 is 10.5. The molecule has 0 fully saturated rings. The molecule has 0 spiro atoms. The molecule has 0 aliphatic carbocycles. The molecule has 0 aliphatic rings. The van der Waals surface area contributed by atoms with Gasteiger partial charge >= 0.3 is 11.9 Å². The Morgan fingerprint density at radius 3 is 0.833 bits per heavy atom. The van der Waals surface area contributed by atoms with Crippen LogP contribution in [0.15, 0.2) is 0 Å². The zero-order valence-electron chi connectivity index (χ0n) is 24.4. The monoisotopic (exact) mass is 510 g/mol. The maximum absolute atomic E-state index is 11.8. The quantitative estimate of drug-likeness (QED) is 0.0741. The molecule has 0 aromatic heterocycles. The second-order valence-electron chi connectivity index (χ2n) is 10.7. The Labute approximate surface area is 225 Å². The highest BCUT2D eigenvalue weighted by molar-refractivity contribution is 5.77. The van der Waals surface area contributed by atoms with Crippen LogP contribution in [0.25, 0.3) is 0 Å². The van der Waals surface area contributed by atoms with Crippen molar-refractivity contribution in [3.63, 3.8) is 0 Å². The molecule has 0 atom stereocenters. The Bertz CT molecular complexity index is 421. The Kier molecular flexibility index (Phi) is 29.3. The lowest BCUT2D eigenvalue weighted by molar-refractivity contribution is -0.150. The van der Waals surface area contributed by atoms with Crippen molar-refractivity contribution in [1.82, 2.24) is 0 Å². The first-order valence-corrected chi connectivity index (χ1v) is 16.0. The minimum Gasteiger partial charge on any atom is -0.466 e. The van der Waals surface area contributed by atoms with E-state index in [9.17, 15) is 9.59 Å². The predicted octanol–water partition coefficient (Wildman–Crippen LogP) is 10.3. The van der Waals surface area contributed by atoms with Crippen LogP contribution in [0.4, 0.5) is 0 Å². The summed E-state index contributed by atoms with van der Waals surface area (Å²) in [5.74, 6) is -0.555. The molecule has 36 heavy (non-hydrogen) atoms. The Balaban J connectivity index is 3.28. The Morgan fingerprint density at radius 1 is 0.361 bits per heavy atom. The van der Waals surface area contributed by atoms with Crippen LogP contribution >= 0.6 is 0 Å². The summed E-state index contributed by atoms with van der Waals surface area (Å²) in [6.45, 7) is 5.48. The number of esters is 2. The smallest absolute Gasteiger partial charge is 0.306 e. The number of hydrogen-bond donors (Lipinski definition) is 0. The summed E-state index contributed by atoms with van der Waals surface area (Å²) in [6.07, 6.45) is 31.3. The number of rotatable bonds is 29. The van der Waals surface area contributed by atoms with E-state index in [1.807, 2.05) is 0 Å². The molecule has 4 nitrogen and oxygen atoms in total. The number of unbranched alkanes of at least 4 members (excludes halogenated alkanes) is 22. The second kappa shape index (κ2) is 30.2. The molecule has 0 unspecified atom stereocenters. The summed E-state index contributed by atoms with van der Waals surface area (Å²) >= 11 is 0. The molecule has 0 amide bonds. The van der Waals surface area contributed by atoms with E-state index in [-0.39, 0.29) is 24.8 Å². The minimum absolute atomic E-state index is 0.134. The van der Waals surface area contributed by atoms with Crippen molar-refractivity contribution < 1.29 is 19.1 Å². The lowest BCUT2D eigenvalue weighted by Gasteiger charge is -2.06. The molecule has 0 radical (unpaired) electrons. The van der Waals surface area contributed by atoms with E-state index in [0.29, 0.717) is 13.2 Å². The van der Waals surface area contributed by atoms with E-state index in [2.05, 4.69) is 13.8 Å². The van der Waals surface area contributed by atoms with Crippen LogP contribution < -0.4 is 0 Å². The van der Waals surface area contributed by atoms with Crippen LogP contribution in [-0.4, -0.2) is 25.2 Å². The van der Waals surface area contributed by atoms with Crippen LogP contribution in [0, 0.1) is 0 Å². The molecular weight excluding hydrogens is 448 g/mol. The molecule has 0 rings (SSSR count). The molecule has 0 saturated heterocycles. The first-order chi connectivity index (χ1) is 17.7. The van der Waals surface area contributed by atoms with Crippen molar-refractivity contribution in [2.75, 3.05) is 13.2 Å². The topological polar surface area (TPSA) is 52.6 Å². The van der Waals surface area contributed by atoms with Gasteiger partial charge in [-0.05, 0) is 12.8 Å². The average molecular weight is 511 g/mol. The van der Waals surface area contributed by atoms with Gasteiger partial charge in [0.1, 0.15) is 0 Å². The maximum Gasteiger partial charge on any atom is 0.306 e. The molecule has 4 heteroatoms. The van der Waals surface area contributed by atoms with E-state index in [0.717, 1.165) is 25.7 Å². The lowest BCUT2D eigenvalue weighted by Crippen LogP contribution is -2.11. The van der Waals surface area contributed by atoms with Crippen LogP contribution in [0.2, 0.25) is 0 Å². The summed E-state index contributed by atoms with van der Waals surface area (Å²) in [5.41, 5.74) is 0. The fraction of sp³-hybridized carbons (Fsp3) is 0.938. The van der Waals surface area contributed by atoms with Gasteiger partial charge in [-0.25, -0.2) is 0 Å². The van der Waals surface area contributed by atoms with Gasteiger partial charge < -0.3 is 9.47 Å². The molecule has 0 heterocycles. The normalized spacial score (nSPS) is 11.1. The van der Waals surface area contributed by atoms with Gasteiger partial charge in [-0.15, -0.1) is 0 Å². The largest absolute Gasteiger partial charge is 0.466 e. The summed E-state index contributed by atoms with van der Waals surface area (Å²) in [5, 5.41) is 0. The Hall–Kier alpha value is -1.06. The minimum atomic E-state index is -0.277. The average Bonchev–Trinajstić information content (AvgIpc) is 2.88. The van der Waals surface area contributed by atoms with Gasteiger partial charge in [0.05, 0.1) is 26.1 Å². The molecule has 0 N–H and O–H groups in total. The van der Waals surface area contributed by atoms with Gasteiger partial charge in [0.2, 0.25) is 0 Å². The van der Waals surface area contributed by atoms with E-state index in [4.69, 9.17) is 9.47 Å². The summed E-state index contributed by atoms with van der Waals surface area (Å²) in [7, 11) is 0. The highest BCUT2D eigenvalue weighted by Crippen LogP contribution is 2.13. The standard InChI is InChI=1S/C32H62O4/c1-3-5-7-9-11-13-15-17-19-21-23-25-29-35-31(33)27-28-32(34)36-30-26-24-22-20-18-16-14-12-10-8-6-4-2/h3-30H2,1-2H3. The fourth-order valence-electron chi connectivity index (χ4n) is 4.61. The number of ether oxygens (including phenoxy) is 2. The van der Waals surface area contributed by atoms with Crippen LogP contribution in [-0.2, 0) is 19.1 Å². The molecule has 0 aromatic rings.